The molecule has 1 aromatic rings. The maximum Gasteiger partial charge on any atom is 0.0439 e. The lowest BCUT2D eigenvalue weighted by Crippen LogP contribution is -2.32. The SMILES string of the molecule is CCC(NC)C(C)Cc1cc(Cl)ccc1Cl. The third-order valence-electron chi connectivity index (χ3n) is 3.05. The molecule has 0 bridgehead atoms. The zero-order chi connectivity index (χ0) is 12.1. The predicted octanol–water partition coefficient (Wildman–Crippen LogP) is 4.17. The molecule has 0 radical (unpaired) electrons. The molecule has 0 saturated carbocycles. The van der Waals surface area contributed by atoms with Crippen LogP contribution < -0.4 is 5.32 Å². The van der Waals surface area contributed by atoms with Crippen molar-refractivity contribution in [2.24, 2.45) is 5.92 Å². The van der Waals surface area contributed by atoms with Gasteiger partial charge in [-0.2, -0.15) is 0 Å². The van der Waals surface area contributed by atoms with Crippen LogP contribution in [0.5, 0.6) is 0 Å². The van der Waals surface area contributed by atoms with Crippen LogP contribution in [0.15, 0.2) is 18.2 Å². The Bertz CT molecular complexity index is 335. The molecule has 0 aromatic heterocycles. The molecule has 90 valence electrons. The van der Waals surface area contributed by atoms with Crippen LogP contribution in [-0.4, -0.2) is 13.1 Å². The van der Waals surface area contributed by atoms with Crippen molar-refractivity contribution in [2.75, 3.05) is 7.05 Å². The summed E-state index contributed by atoms with van der Waals surface area (Å²) in [5.74, 6) is 0.547. The molecule has 0 saturated heterocycles. The molecule has 0 fully saturated rings. The molecule has 0 amide bonds. The van der Waals surface area contributed by atoms with E-state index < -0.39 is 0 Å². The fourth-order valence-electron chi connectivity index (χ4n) is 2.08. The molecule has 2 unspecified atom stereocenters. The first-order valence-corrected chi connectivity index (χ1v) is 6.45. The highest BCUT2D eigenvalue weighted by molar-refractivity contribution is 6.33. The van der Waals surface area contributed by atoms with Gasteiger partial charge < -0.3 is 5.32 Å². The van der Waals surface area contributed by atoms with Crippen LogP contribution in [0.25, 0.3) is 0 Å². The highest BCUT2D eigenvalue weighted by Crippen LogP contribution is 2.24. The van der Waals surface area contributed by atoms with Crippen LogP contribution in [0.4, 0.5) is 0 Å². The average Bonchev–Trinajstić information content (AvgIpc) is 2.25. The minimum atomic E-state index is 0.523. The Morgan fingerprint density at radius 1 is 1.31 bits per heavy atom. The monoisotopic (exact) mass is 259 g/mol. The van der Waals surface area contributed by atoms with Gasteiger partial charge in [0.1, 0.15) is 0 Å². The maximum atomic E-state index is 6.15. The van der Waals surface area contributed by atoms with E-state index in [-0.39, 0.29) is 0 Å². The molecule has 0 heterocycles. The van der Waals surface area contributed by atoms with Gasteiger partial charge in [0.25, 0.3) is 0 Å². The van der Waals surface area contributed by atoms with E-state index in [4.69, 9.17) is 23.2 Å². The van der Waals surface area contributed by atoms with Crippen LogP contribution in [0.1, 0.15) is 25.8 Å². The van der Waals surface area contributed by atoms with Gasteiger partial charge in [-0.25, -0.2) is 0 Å². The molecule has 1 nitrogen and oxygen atoms in total. The molecule has 3 heteroatoms. The number of halogens is 2. The smallest absolute Gasteiger partial charge is 0.0439 e. The van der Waals surface area contributed by atoms with Crippen molar-refractivity contribution in [3.8, 4) is 0 Å². The van der Waals surface area contributed by atoms with Crippen molar-refractivity contribution in [1.29, 1.82) is 0 Å². The van der Waals surface area contributed by atoms with Gasteiger partial charge >= 0.3 is 0 Å². The lowest BCUT2D eigenvalue weighted by molar-refractivity contribution is 0.387. The Balaban J connectivity index is 2.75. The molecule has 2 atom stereocenters. The lowest BCUT2D eigenvalue weighted by Gasteiger charge is -2.22. The molecule has 0 aliphatic heterocycles. The zero-order valence-electron chi connectivity index (χ0n) is 10.1. The second-order valence-electron chi connectivity index (χ2n) is 4.22. The Labute approximate surface area is 108 Å². The fraction of sp³-hybridized carbons (Fsp3) is 0.538. The molecule has 0 aliphatic rings. The van der Waals surface area contributed by atoms with E-state index >= 15 is 0 Å². The minimum absolute atomic E-state index is 0.523. The number of rotatable bonds is 5. The summed E-state index contributed by atoms with van der Waals surface area (Å²) in [5, 5.41) is 4.89. The van der Waals surface area contributed by atoms with Crippen LogP contribution >= 0.6 is 23.2 Å². The molecular formula is C13H19Cl2N. The van der Waals surface area contributed by atoms with Gasteiger partial charge in [0.05, 0.1) is 0 Å². The standard InChI is InChI=1S/C13H19Cl2N/c1-4-13(16-3)9(2)7-10-8-11(14)5-6-12(10)15/h5-6,8-9,13,16H,4,7H2,1-3H3. The van der Waals surface area contributed by atoms with Crippen molar-refractivity contribution < 1.29 is 0 Å². The van der Waals surface area contributed by atoms with E-state index in [0.29, 0.717) is 12.0 Å². The maximum absolute atomic E-state index is 6.15. The van der Waals surface area contributed by atoms with Gasteiger partial charge in [0.15, 0.2) is 0 Å². The molecule has 16 heavy (non-hydrogen) atoms. The summed E-state index contributed by atoms with van der Waals surface area (Å²) in [5.41, 5.74) is 1.13. The predicted molar refractivity (Wildman–Crippen MR) is 72.5 cm³/mol. The van der Waals surface area contributed by atoms with Crippen molar-refractivity contribution in [2.45, 2.75) is 32.7 Å². The summed E-state index contributed by atoms with van der Waals surface area (Å²) in [7, 11) is 2.00. The van der Waals surface area contributed by atoms with Crippen molar-refractivity contribution in [3.05, 3.63) is 33.8 Å². The minimum Gasteiger partial charge on any atom is -0.317 e. The molecule has 1 rings (SSSR count). The van der Waals surface area contributed by atoms with E-state index in [1.54, 1.807) is 0 Å². The Morgan fingerprint density at radius 2 is 2.00 bits per heavy atom. The van der Waals surface area contributed by atoms with E-state index in [0.717, 1.165) is 28.5 Å². The first kappa shape index (κ1) is 13.8. The number of benzene rings is 1. The lowest BCUT2D eigenvalue weighted by atomic mass is 9.92. The Kier molecular flexibility index (Phi) is 5.60. The van der Waals surface area contributed by atoms with E-state index in [9.17, 15) is 0 Å². The van der Waals surface area contributed by atoms with Gasteiger partial charge in [0, 0.05) is 16.1 Å². The number of nitrogens with one attached hydrogen (secondary N) is 1. The van der Waals surface area contributed by atoms with Gasteiger partial charge in [-0.1, -0.05) is 37.0 Å². The third-order valence-corrected chi connectivity index (χ3v) is 3.65. The van der Waals surface area contributed by atoms with Crippen LogP contribution in [0.3, 0.4) is 0 Å². The second-order valence-corrected chi connectivity index (χ2v) is 5.06. The molecule has 1 aromatic carbocycles. The van der Waals surface area contributed by atoms with Crippen molar-refractivity contribution in [3.63, 3.8) is 0 Å². The van der Waals surface area contributed by atoms with Gasteiger partial charge in [-0.15, -0.1) is 0 Å². The summed E-state index contributed by atoms with van der Waals surface area (Å²) < 4.78 is 0. The van der Waals surface area contributed by atoms with Crippen molar-refractivity contribution >= 4 is 23.2 Å². The van der Waals surface area contributed by atoms with Crippen LogP contribution in [0.2, 0.25) is 10.0 Å². The highest BCUT2D eigenvalue weighted by Gasteiger charge is 2.15. The Hall–Kier alpha value is -0.240. The van der Waals surface area contributed by atoms with Gasteiger partial charge in [0.2, 0.25) is 0 Å². The number of hydrogen-bond acceptors (Lipinski definition) is 1. The quantitative estimate of drug-likeness (QED) is 0.837. The van der Waals surface area contributed by atoms with Gasteiger partial charge in [-0.3, -0.25) is 0 Å². The summed E-state index contributed by atoms with van der Waals surface area (Å²) >= 11 is 12.1. The molecular weight excluding hydrogens is 241 g/mol. The summed E-state index contributed by atoms with van der Waals surface area (Å²) in [6.07, 6.45) is 2.08. The Morgan fingerprint density at radius 3 is 2.56 bits per heavy atom. The fourth-order valence-corrected chi connectivity index (χ4v) is 2.47. The summed E-state index contributed by atoms with van der Waals surface area (Å²) in [6, 6.07) is 6.18. The molecule has 1 N–H and O–H groups in total. The second kappa shape index (κ2) is 6.48. The average molecular weight is 260 g/mol. The van der Waals surface area contributed by atoms with Gasteiger partial charge in [-0.05, 0) is 49.6 Å². The summed E-state index contributed by atoms with van der Waals surface area (Å²) in [6.45, 7) is 4.43. The zero-order valence-corrected chi connectivity index (χ0v) is 11.6. The van der Waals surface area contributed by atoms with Crippen molar-refractivity contribution in [1.82, 2.24) is 5.32 Å². The van der Waals surface area contributed by atoms with E-state index in [2.05, 4.69) is 19.2 Å². The highest BCUT2D eigenvalue weighted by atomic mass is 35.5. The topological polar surface area (TPSA) is 12.0 Å². The molecule has 0 spiro atoms. The van der Waals surface area contributed by atoms with E-state index in [1.165, 1.54) is 0 Å². The van der Waals surface area contributed by atoms with E-state index in [1.807, 2.05) is 25.2 Å². The molecule has 0 aliphatic carbocycles. The first-order chi connectivity index (χ1) is 7.58. The first-order valence-electron chi connectivity index (χ1n) is 5.69. The third kappa shape index (κ3) is 3.65. The van der Waals surface area contributed by atoms with Crippen LogP contribution in [-0.2, 0) is 6.42 Å². The number of hydrogen-bond donors (Lipinski definition) is 1. The summed E-state index contributed by atoms with van der Waals surface area (Å²) in [4.78, 5) is 0. The normalized spacial score (nSPS) is 14.8. The largest absolute Gasteiger partial charge is 0.317 e. The van der Waals surface area contributed by atoms with Crippen LogP contribution in [0, 0.1) is 5.92 Å².